The molecule has 1 unspecified atom stereocenters. The molecular formula is C9H9BrF3N. The lowest BCUT2D eigenvalue weighted by atomic mass is 10.0. The van der Waals surface area contributed by atoms with Gasteiger partial charge in [0.1, 0.15) is 0 Å². The van der Waals surface area contributed by atoms with Crippen molar-refractivity contribution in [1.82, 2.24) is 0 Å². The van der Waals surface area contributed by atoms with Crippen LogP contribution >= 0.6 is 15.9 Å². The van der Waals surface area contributed by atoms with Gasteiger partial charge in [0.25, 0.3) is 0 Å². The Bertz CT molecular complexity index is 311. The molecule has 1 atom stereocenters. The molecule has 1 aromatic rings. The van der Waals surface area contributed by atoms with Crippen LogP contribution in [-0.2, 0) is 0 Å². The number of halogens is 4. The molecule has 0 bridgehead atoms. The first kappa shape index (κ1) is 11.5. The summed E-state index contributed by atoms with van der Waals surface area (Å²) in [4.78, 5) is 0. The van der Waals surface area contributed by atoms with Crippen molar-refractivity contribution in [3.63, 3.8) is 0 Å². The number of hydrogen-bond acceptors (Lipinski definition) is 1. The van der Waals surface area contributed by atoms with Crippen molar-refractivity contribution in [2.75, 3.05) is 0 Å². The number of alkyl halides is 3. The van der Waals surface area contributed by atoms with Gasteiger partial charge in [-0.2, -0.15) is 13.2 Å². The maximum atomic E-state index is 12.0. The largest absolute Gasteiger partial charge is 0.390 e. The Morgan fingerprint density at radius 3 is 2.36 bits per heavy atom. The summed E-state index contributed by atoms with van der Waals surface area (Å²) in [7, 11) is 0. The van der Waals surface area contributed by atoms with Gasteiger partial charge >= 0.3 is 6.18 Å². The number of hydrogen-bond donors (Lipinski definition) is 1. The summed E-state index contributed by atoms with van der Waals surface area (Å²) in [6.07, 6.45) is -5.23. The maximum Gasteiger partial charge on any atom is 0.390 e. The van der Waals surface area contributed by atoms with Crippen LogP contribution in [0.5, 0.6) is 0 Å². The average molecular weight is 268 g/mol. The fourth-order valence-corrected chi connectivity index (χ4v) is 1.71. The Morgan fingerprint density at radius 1 is 1.29 bits per heavy atom. The monoisotopic (exact) mass is 267 g/mol. The van der Waals surface area contributed by atoms with E-state index in [0.29, 0.717) is 10.0 Å². The molecule has 78 valence electrons. The number of nitrogens with two attached hydrogens (primary N) is 1. The summed E-state index contributed by atoms with van der Waals surface area (Å²) in [5.74, 6) is 0. The van der Waals surface area contributed by atoms with E-state index in [2.05, 4.69) is 15.9 Å². The third kappa shape index (κ3) is 3.31. The van der Waals surface area contributed by atoms with Gasteiger partial charge in [-0.1, -0.05) is 34.1 Å². The van der Waals surface area contributed by atoms with Crippen LogP contribution in [-0.4, -0.2) is 6.18 Å². The lowest BCUT2D eigenvalue weighted by Gasteiger charge is -2.15. The van der Waals surface area contributed by atoms with E-state index in [1.54, 1.807) is 24.3 Å². The van der Waals surface area contributed by atoms with Gasteiger partial charge in [-0.3, -0.25) is 0 Å². The summed E-state index contributed by atoms with van der Waals surface area (Å²) in [5, 5.41) is 0. The molecule has 0 aromatic heterocycles. The molecule has 0 fully saturated rings. The highest BCUT2D eigenvalue weighted by Gasteiger charge is 2.31. The van der Waals surface area contributed by atoms with Gasteiger partial charge in [0, 0.05) is 10.5 Å². The minimum absolute atomic E-state index is 0.477. The molecule has 14 heavy (non-hydrogen) atoms. The third-order valence-corrected chi connectivity index (χ3v) is 2.48. The lowest BCUT2D eigenvalue weighted by molar-refractivity contribution is -0.138. The highest BCUT2D eigenvalue weighted by atomic mass is 79.9. The van der Waals surface area contributed by atoms with E-state index in [1.165, 1.54) is 0 Å². The second kappa shape index (κ2) is 4.31. The fourth-order valence-electron chi connectivity index (χ4n) is 1.14. The summed E-state index contributed by atoms with van der Waals surface area (Å²) in [5.41, 5.74) is 5.91. The Kier molecular flexibility index (Phi) is 3.55. The SMILES string of the molecule is NC(CC(F)(F)F)c1ccccc1Br. The molecule has 0 aliphatic carbocycles. The summed E-state index contributed by atoms with van der Waals surface area (Å²) in [6, 6.07) is 5.64. The molecule has 0 heterocycles. The van der Waals surface area contributed by atoms with Crippen LogP contribution in [0.1, 0.15) is 18.0 Å². The first-order valence-corrected chi connectivity index (χ1v) is 4.76. The van der Waals surface area contributed by atoms with E-state index in [4.69, 9.17) is 5.73 Å². The van der Waals surface area contributed by atoms with Crippen LogP contribution in [0.15, 0.2) is 28.7 Å². The standard InChI is InChI=1S/C9H9BrF3N/c10-7-4-2-1-3-6(7)8(14)5-9(11,12)13/h1-4,8H,5,14H2. The van der Waals surface area contributed by atoms with Gasteiger partial charge in [0.05, 0.1) is 6.42 Å². The van der Waals surface area contributed by atoms with Gasteiger partial charge in [0.15, 0.2) is 0 Å². The predicted octanol–water partition coefficient (Wildman–Crippen LogP) is 3.40. The summed E-state index contributed by atoms with van der Waals surface area (Å²) >= 11 is 3.16. The second-order valence-electron chi connectivity index (χ2n) is 2.95. The number of benzene rings is 1. The normalized spacial score (nSPS) is 14.1. The van der Waals surface area contributed by atoms with Crippen molar-refractivity contribution in [1.29, 1.82) is 0 Å². The predicted molar refractivity (Wildman–Crippen MR) is 51.7 cm³/mol. The second-order valence-corrected chi connectivity index (χ2v) is 3.80. The molecule has 1 nitrogen and oxygen atoms in total. The summed E-state index contributed by atoms with van der Waals surface area (Å²) < 4.78 is 36.7. The van der Waals surface area contributed by atoms with E-state index < -0.39 is 18.6 Å². The maximum absolute atomic E-state index is 12.0. The van der Waals surface area contributed by atoms with Crippen LogP contribution in [0.2, 0.25) is 0 Å². The van der Waals surface area contributed by atoms with Crippen molar-refractivity contribution in [3.05, 3.63) is 34.3 Å². The van der Waals surface area contributed by atoms with Gasteiger partial charge in [-0.25, -0.2) is 0 Å². The molecule has 0 saturated heterocycles. The van der Waals surface area contributed by atoms with Crippen LogP contribution in [0.3, 0.4) is 0 Å². The molecule has 0 saturated carbocycles. The quantitative estimate of drug-likeness (QED) is 0.874. The highest BCUT2D eigenvalue weighted by molar-refractivity contribution is 9.10. The molecule has 0 aliphatic heterocycles. The van der Waals surface area contributed by atoms with Gasteiger partial charge in [-0.15, -0.1) is 0 Å². The molecule has 5 heteroatoms. The first-order valence-electron chi connectivity index (χ1n) is 3.97. The van der Waals surface area contributed by atoms with Crippen LogP contribution in [0.4, 0.5) is 13.2 Å². The minimum Gasteiger partial charge on any atom is -0.324 e. The smallest absolute Gasteiger partial charge is 0.324 e. The van der Waals surface area contributed by atoms with Gasteiger partial charge in [-0.05, 0) is 11.6 Å². The topological polar surface area (TPSA) is 26.0 Å². The van der Waals surface area contributed by atoms with Gasteiger partial charge in [0.2, 0.25) is 0 Å². The summed E-state index contributed by atoms with van der Waals surface area (Å²) in [6.45, 7) is 0. The van der Waals surface area contributed by atoms with Crippen molar-refractivity contribution in [2.45, 2.75) is 18.6 Å². The van der Waals surface area contributed by atoms with E-state index >= 15 is 0 Å². The van der Waals surface area contributed by atoms with E-state index in [1.807, 2.05) is 0 Å². The molecule has 0 radical (unpaired) electrons. The molecule has 2 N–H and O–H groups in total. The Hall–Kier alpha value is -0.550. The average Bonchev–Trinajstić information content (AvgIpc) is 2.01. The third-order valence-electron chi connectivity index (χ3n) is 1.76. The van der Waals surface area contributed by atoms with Crippen molar-refractivity contribution in [2.24, 2.45) is 5.73 Å². The van der Waals surface area contributed by atoms with Crippen molar-refractivity contribution in [3.8, 4) is 0 Å². The van der Waals surface area contributed by atoms with Crippen molar-refractivity contribution < 1.29 is 13.2 Å². The number of rotatable bonds is 2. The fraction of sp³-hybridized carbons (Fsp3) is 0.333. The zero-order valence-corrected chi connectivity index (χ0v) is 8.77. The van der Waals surface area contributed by atoms with E-state index in [0.717, 1.165) is 0 Å². The Labute approximate surface area is 88.2 Å². The molecule has 1 rings (SSSR count). The zero-order valence-electron chi connectivity index (χ0n) is 7.18. The van der Waals surface area contributed by atoms with E-state index in [9.17, 15) is 13.2 Å². The molecule has 0 amide bonds. The highest BCUT2D eigenvalue weighted by Crippen LogP contribution is 2.31. The minimum atomic E-state index is -4.23. The molecular weight excluding hydrogens is 259 g/mol. The molecule has 1 aromatic carbocycles. The molecule has 0 aliphatic rings. The Morgan fingerprint density at radius 2 is 1.86 bits per heavy atom. The lowest BCUT2D eigenvalue weighted by Crippen LogP contribution is -2.20. The first-order chi connectivity index (χ1) is 6.40. The Balaban J connectivity index is 2.80. The van der Waals surface area contributed by atoms with E-state index in [-0.39, 0.29) is 0 Å². The van der Waals surface area contributed by atoms with Crippen molar-refractivity contribution >= 4 is 15.9 Å². The van der Waals surface area contributed by atoms with Crippen LogP contribution in [0, 0.1) is 0 Å². The zero-order chi connectivity index (χ0) is 10.8. The van der Waals surface area contributed by atoms with Gasteiger partial charge < -0.3 is 5.73 Å². The molecule has 0 spiro atoms. The van der Waals surface area contributed by atoms with Crippen LogP contribution < -0.4 is 5.73 Å². The van der Waals surface area contributed by atoms with Crippen LogP contribution in [0.25, 0.3) is 0 Å².